The molecule has 2 aromatic rings. The maximum Gasteiger partial charge on any atom is 0.325 e. The van der Waals surface area contributed by atoms with E-state index in [1.165, 1.54) is 0 Å². The monoisotopic (exact) mass is 362 g/mol. The molecule has 0 aliphatic rings. The summed E-state index contributed by atoms with van der Waals surface area (Å²) in [5.74, 6) is -0.394. The molecule has 0 radical (unpaired) electrons. The van der Waals surface area contributed by atoms with E-state index >= 15 is 0 Å². The number of aromatic nitrogens is 1. The van der Waals surface area contributed by atoms with E-state index in [1.54, 1.807) is 35.6 Å². The number of carbonyl (C=O) groups is 2. The topological polar surface area (TPSA) is 77.5 Å². The Hall–Kier alpha value is -2.41. The van der Waals surface area contributed by atoms with Crippen molar-refractivity contribution in [2.45, 2.75) is 33.3 Å². The van der Waals surface area contributed by atoms with Crippen LogP contribution < -0.4 is 10.1 Å². The summed E-state index contributed by atoms with van der Waals surface area (Å²) in [4.78, 5) is 28.4. The smallest absolute Gasteiger partial charge is 0.325 e. The first-order chi connectivity index (χ1) is 12.1. The van der Waals surface area contributed by atoms with Crippen molar-refractivity contribution in [1.29, 1.82) is 0 Å². The predicted octanol–water partition coefficient (Wildman–Crippen LogP) is 2.97. The Morgan fingerprint density at radius 3 is 2.80 bits per heavy atom. The van der Waals surface area contributed by atoms with Gasteiger partial charge in [-0.25, -0.2) is 4.98 Å². The summed E-state index contributed by atoms with van der Waals surface area (Å²) in [6.45, 7) is 4.31. The average molecular weight is 362 g/mol. The molecule has 0 aliphatic carbocycles. The van der Waals surface area contributed by atoms with Crippen molar-refractivity contribution >= 4 is 23.2 Å². The SMILES string of the molecule is CCCc1nc(COC(=O)CNC(=O)c2ccccc2OCC)cs1. The molecule has 1 N–H and O–H groups in total. The first kappa shape index (κ1) is 18.9. The van der Waals surface area contributed by atoms with Crippen LogP contribution in [0, 0.1) is 0 Å². The fourth-order valence-electron chi connectivity index (χ4n) is 2.13. The minimum Gasteiger partial charge on any atom is -0.493 e. The van der Waals surface area contributed by atoms with Crippen LogP contribution in [-0.4, -0.2) is 30.0 Å². The predicted molar refractivity (Wildman–Crippen MR) is 95.8 cm³/mol. The Kier molecular flexibility index (Phi) is 7.40. The largest absolute Gasteiger partial charge is 0.493 e. The highest BCUT2D eigenvalue weighted by atomic mass is 32.1. The van der Waals surface area contributed by atoms with Crippen LogP contribution in [0.5, 0.6) is 5.75 Å². The van der Waals surface area contributed by atoms with Crippen molar-refractivity contribution in [2.24, 2.45) is 0 Å². The van der Waals surface area contributed by atoms with E-state index in [1.807, 2.05) is 12.3 Å². The zero-order chi connectivity index (χ0) is 18.1. The Bertz CT molecular complexity index is 715. The zero-order valence-electron chi connectivity index (χ0n) is 14.4. The Balaban J connectivity index is 1.80. The van der Waals surface area contributed by atoms with Gasteiger partial charge in [0.25, 0.3) is 5.91 Å². The van der Waals surface area contributed by atoms with Crippen molar-refractivity contribution in [3.8, 4) is 5.75 Å². The lowest BCUT2D eigenvalue weighted by molar-refractivity contribution is -0.143. The number of nitrogens with zero attached hydrogens (tertiary/aromatic N) is 1. The average Bonchev–Trinajstić information content (AvgIpc) is 3.06. The molecule has 7 heteroatoms. The van der Waals surface area contributed by atoms with E-state index in [9.17, 15) is 9.59 Å². The van der Waals surface area contributed by atoms with E-state index < -0.39 is 5.97 Å². The molecule has 6 nitrogen and oxygen atoms in total. The number of aryl methyl sites for hydroxylation is 1. The fourth-order valence-corrected chi connectivity index (χ4v) is 3.02. The van der Waals surface area contributed by atoms with Gasteiger partial charge in [-0.3, -0.25) is 9.59 Å². The van der Waals surface area contributed by atoms with Gasteiger partial charge in [0.15, 0.2) is 0 Å². The normalized spacial score (nSPS) is 10.3. The van der Waals surface area contributed by atoms with Gasteiger partial charge in [-0.2, -0.15) is 0 Å². The van der Waals surface area contributed by atoms with Crippen LogP contribution in [0.3, 0.4) is 0 Å². The Morgan fingerprint density at radius 1 is 1.24 bits per heavy atom. The minimum atomic E-state index is -0.507. The third-order valence-corrected chi connectivity index (χ3v) is 4.23. The van der Waals surface area contributed by atoms with Crippen molar-refractivity contribution < 1.29 is 19.1 Å². The van der Waals surface area contributed by atoms with Crippen molar-refractivity contribution in [1.82, 2.24) is 10.3 Å². The molecule has 0 atom stereocenters. The summed E-state index contributed by atoms with van der Waals surface area (Å²) in [5, 5.41) is 5.47. The van der Waals surface area contributed by atoms with Crippen molar-refractivity contribution in [3.63, 3.8) is 0 Å². The second-order valence-corrected chi connectivity index (χ2v) is 6.20. The Morgan fingerprint density at radius 2 is 2.04 bits per heavy atom. The van der Waals surface area contributed by atoms with Crippen LogP contribution in [0.2, 0.25) is 0 Å². The quantitative estimate of drug-likeness (QED) is 0.694. The summed E-state index contributed by atoms with van der Waals surface area (Å²) in [5.41, 5.74) is 1.12. The molecule has 1 amide bonds. The first-order valence-electron chi connectivity index (χ1n) is 8.23. The second kappa shape index (κ2) is 9.78. The summed E-state index contributed by atoms with van der Waals surface area (Å²) in [6.07, 6.45) is 1.95. The third-order valence-electron chi connectivity index (χ3n) is 3.27. The van der Waals surface area contributed by atoms with Crippen molar-refractivity contribution in [3.05, 3.63) is 45.9 Å². The van der Waals surface area contributed by atoms with Crippen LogP contribution in [0.4, 0.5) is 0 Å². The molecule has 1 aromatic carbocycles. The maximum atomic E-state index is 12.2. The molecule has 0 aliphatic heterocycles. The molecule has 2 rings (SSSR count). The van der Waals surface area contributed by atoms with Gasteiger partial charge in [-0.15, -0.1) is 11.3 Å². The summed E-state index contributed by atoms with van der Waals surface area (Å²) < 4.78 is 10.6. The number of hydrogen-bond donors (Lipinski definition) is 1. The number of amides is 1. The molecular weight excluding hydrogens is 340 g/mol. The molecule has 1 heterocycles. The standard InChI is InChI=1S/C18H22N2O4S/c1-3-7-16-20-13(12-25-16)11-24-17(21)10-19-18(22)14-8-5-6-9-15(14)23-4-2/h5-6,8-9,12H,3-4,7,10-11H2,1-2H3,(H,19,22). The van der Waals surface area contributed by atoms with Crippen LogP contribution in [-0.2, 0) is 22.6 Å². The number of hydrogen-bond acceptors (Lipinski definition) is 6. The summed E-state index contributed by atoms with van der Waals surface area (Å²) >= 11 is 1.56. The molecule has 1 aromatic heterocycles. The molecule has 134 valence electrons. The van der Waals surface area contributed by atoms with Gasteiger partial charge in [-0.1, -0.05) is 19.1 Å². The van der Waals surface area contributed by atoms with Crippen LogP contribution in [0.15, 0.2) is 29.6 Å². The van der Waals surface area contributed by atoms with Crippen LogP contribution >= 0.6 is 11.3 Å². The molecular formula is C18H22N2O4S. The third kappa shape index (κ3) is 5.86. The lowest BCUT2D eigenvalue weighted by Crippen LogP contribution is -2.30. The first-order valence-corrected chi connectivity index (χ1v) is 9.10. The molecule has 0 bridgehead atoms. The lowest BCUT2D eigenvalue weighted by Gasteiger charge is -2.10. The van der Waals surface area contributed by atoms with Crippen LogP contribution in [0.25, 0.3) is 0 Å². The van der Waals surface area contributed by atoms with E-state index in [4.69, 9.17) is 9.47 Å². The van der Waals surface area contributed by atoms with Gasteiger partial charge in [-0.05, 0) is 31.9 Å². The highest BCUT2D eigenvalue weighted by molar-refractivity contribution is 7.09. The molecule has 0 fully saturated rings. The van der Waals surface area contributed by atoms with E-state index in [-0.39, 0.29) is 19.1 Å². The maximum absolute atomic E-state index is 12.2. The molecule has 0 spiro atoms. The number of para-hydroxylation sites is 1. The summed E-state index contributed by atoms with van der Waals surface area (Å²) in [7, 11) is 0. The minimum absolute atomic E-state index is 0.116. The number of thiazole rings is 1. The van der Waals surface area contributed by atoms with Gasteiger partial charge in [0.2, 0.25) is 0 Å². The zero-order valence-corrected chi connectivity index (χ0v) is 15.2. The van der Waals surface area contributed by atoms with E-state index in [0.29, 0.717) is 17.9 Å². The van der Waals surface area contributed by atoms with Crippen molar-refractivity contribution in [2.75, 3.05) is 13.2 Å². The number of ether oxygens (including phenoxy) is 2. The lowest BCUT2D eigenvalue weighted by atomic mass is 10.2. The number of nitrogens with one attached hydrogen (secondary N) is 1. The van der Waals surface area contributed by atoms with Crippen LogP contribution in [0.1, 0.15) is 41.3 Å². The summed E-state index contributed by atoms with van der Waals surface area (Å²) in [6, 6.07) is 6.89. The molecule has 0 unspecified atom stereocenters. The highest BCUT2D eigenvalue weighted by Gasteiger charge is 2.14. The van der Waals surface area contributed by atoms with E-state index in [0.717, 1.165) is 23.5 Å². The molecule has 0 saturated carbocycles. The van der Waals surface area contributed by atoms with Gasteiger partial charge in [0, 0.05) is 5.38 Å². The number of benzene rings is 1. The van der Waals surface area contributed by atoms with Gasteiger partial charge < -0.3 is 14.8 Å². The molecule has 25 heavy (non-hydrogen) atoms. The Labute approximate surface area is 151 Å². The van der Waals surface area contributed by atoms with E-state index in [2.05, 4.69) is 17.2 Å². The number of carbonyl (C=O) groups excluding carboxylic acids is 2. The number of esters is 1. The van der Waals surface area contributed by atoms with Gasteiger partial charge >= 0.3 is 5.97 Å². The number of rotatable bonds is 9. The second-order valence-electron chi connectivity index (χ2n) is 5.26. The fraction of sp³-hybridized carbons (Fsp3) is 0.389. The molecule has 0 saturated heterocycles. The van der Waals surface area contributed by atoms with Gasteiger partial charge in [0.1, 0.15) is 18.9 Å². The van der Waals surface area contributed by atoms with Gasteiger partial charge in [0.05, 0.1) is 22.9 Å². The highest BCUT2D eigenvalue weighted by Crippen LogP contribution is 2.17.